The molecule has 1 aliphatic carbocycles. The third-order valence-corrected chi connectivity index (χ3v) is 3.18. The average Bonchev–Trinajstić information content (AvgIpc) is 2.95. The molecule has 1 fully saturated rings. The third-order valence-electron chi connectivity index (χ3n) is 2.97. The molecule has 17 heavy (non-hydrogen) atoms. The molecule has 1 amide bonds. The number of aliphatic carboxylic acids is 1. The van der Waals surface area contributed by atoms with Crippen LogP contribution in [0.1, 0.15) is 16.9 Å². The molecule has 0 bridgehead atoms. The van der Waals surface area contributed by atoms with Crippen LogP contribution in [0.15, 0.2) is 12.3 Å². The van der Waals surface area contributed by atoms with Crippen LogP contribution in [0.3, 0.4) is 0 Å². The maximum absolute atomic E-state index is 11.7. The van der Waals surface area contributed by atoms with Gasteiger partial charge in [0.15, 0.2) is 0 Å². The Balaban J connectivity index is 1.87. The number of aryl methyl sites for hydroxylation is 1. The number of halogens is 1. The number of nitrogens with zero attached hydrogens (tertiary/aromatic N) is 1. The largest absolute Gasteiger partial charge is 0.481 e. The van der Waals surface area contributed by atoms with Crippen molar-refractivity contribution >= 4 is 23.5 Å². The van der Waals surface area contributed by atoms with Gasteiger partial charge in [-0.3, -0.25) is 9.59 Å². The molecule has 0 aromatic carbocycles. The van der Waals surface area contributed by atoms with E-state index in [9.17, 15) is 9.59 Å². The van der Waals surface area contributed by atoms with Gasteiger partial charge < -0.3 is 15.0 Å². The quantitative estimate of drug-likeness (QED) is 0.848. The van der Waals surface area contributed by atoms with Gasteiger partial charge in [-0.25, -0.2) is 0 Å². The second-order valence-corrected chi connectivity index (χ2v) is 4.74. The standard InChI is InChI=1S/C11H13ClN2O3/c1-14-5-7(12)3-9(14)10(15)13-4-6-2-8(6)11(16)17/h3,5-6,8H,2,4H2,1H3,(H,13,15)(H,16,17)/t6-,8-/m0/s1. The van der Waals surface area contributed by atoms with Crippen LogP contribution in [-0.4, -0.2) is 28.1 Å². The molecule has 1 aliphatic rings. The normalized spacial score (nSPS) is 22.2. The number of carbonyl (C=O) groups is 2. The summed E-state index contributed by atoms with van der Waals surface area (Å²) >= 11 is 5.77. The Morgan fingerprint density at radius 3 is 2.82 bits per heavy atom. The summed E-state index contributed by atoms with van der Waals surface area (Å²) in [6.45, 7) is 0.401. The van der Waals surface area contributed by atoms with Crippen LogP contribution in [0.4, 0.5) is 0 Å². The van der Waals surface area contributed by atoms with Crippen LogP contribution in [0.25, 0.3) is 0 Å². The van der Waals surface area contributed by atoms with Crippen molar-refractivity contribution in [2.45, 2.75) is 6.42 Å². The van der Waals surface area contributed by atoms with Gasteiger partial charge >= 0.3 is 5.97 Å². The molecule has 0 aliphatic heterocycles. The molecule has 1 saturated carbocycles. The van der Waals surface area contributed by atoms with Crippen molar-refractivity contribution < 1.29 is 14.7 Å². The van der Waals surface area contributed by atoms with E-state index in [4.69, 9.17) is 16.7 Å². The van der Waals surface area contributed by atoms with Crippen molar-refractivity contribution in [3.05, 3.63) is 23.0 Å². The molecule has 1 aromatic heterocycles. The van der Waals surface area contributed by atoms with Gasteiger partial charge in [0, 0.05) is 19.8 Å². The summed E-state index contributed by atoms with van der Waals surface area (Å²) in [5.74, 6) is -1.25. The second-order valence-electron chi connectivity index (χ2n) is 4.31. The zero-order valence-electron chi connectivity index (χ0n) is 9.31. The summed E-state index contributed by atoms with van der Waals surface area (Å²) < 4.78 is 1.64. The monoisotopic (exact) mass is 256 g/mol. The number of nitrogens with one attached hydrogen (secondary N) is 1. The van der Waals surface area contributed by atoms with Gasteiger partial charge in [-0.1, -0.05) is 11.6 Å². The highest BCUT2D eigenvalue weighted by molar-refractivity contribution is 6.31. The minimum absolute atomic E-state index is 0.0622. The van der Waals surface area contributed by atoms with E-state index in [0.717, 1.165) is 0 Å². The van der Waals surface area contributed by atoms with Gasteiger partial charge in [-0.2, -0.15) is 0 Å². The highest BCUT2D eigenvalue weighted by atomic mass is 35.5. The summed E-state index contributed by atoms with van der Waals surface area (Å²) in [6, 6.07) is 1.58. The number of aromatic nitrogens is 1. The molecule has 5 nitrogen and oxygen atoms in total. The zero-order valence-corrected chi connectivity index (χ0v) is 10.1. The molecule has 2 atom stereocenters. The number of carboxylic acid groups (broad SMARTS) is 1. The van der Waals surface area contributed by atoms with Crippen LogP contribution in [-0.2, 0) is 11.8 Å². The second kappa shape index (κ2) is 4.41. The maximum atomic E-state index is 11.7. The van der Waals surface area contributed by atoms with Gasteiger partial charge in [0.05, 0.1) is 10.9 Å². The Labute approximate surface area is 103 Å². The Morgan fingerprint density at radius 2 is 2.35 bits per heavy atom. The lowest BCUT2D eigenvalue weighted by molar-refractivity contribution is -0.138. The minimum Gasteiger partial charge on any atom is -0.481 e. The van der Waals surface area contributed by atoms with Crippen LogP contribution in [0, 0.1) is 11.8 Å². The fourth-order valence-electron chi connectivity index (χ4n) is 1.84. The van der Waals surface area contributed by atoms with Gasteiger partial charge in [0.25, 0.3) is 5.91 Å². The highest BCUT2D eigenvalue weighted by Crippen LogP contribution is 2.37. The Morgan fingerprint density at radius 1 is 1.65 bits per heavy atom. The van der Waals surface area contributed by atoms with Crippen molar-refractivity contribution in [3.8, 4) is 0 Å². The molecule has 0 spiro atoms. The van der Waals surface area contributed by atoms with E-state index in [2.05, 4.69) is 5.32 Å². The molecule has 2 N–H and O–H groups in total. The van der Waals surface area contributed by atoms with E-state index in [1.165, 1.54) is 0 Å². The number of hydrogen-bond acceptors (Lipinski definition) is 2. The van der Waals surface area contributed by atoms with E-state index >= 15 is 0 Å². The lowest BCUT2D eigenvalue weighted by Crippen LogP contribution is -2.28. The SMILES string of the molecule is Cn1cc(Cl)cc1C(=O)NC[C@@H]1C[C@@H]1C(=O)O. The van der Waals surface area contributed by atoms with Crippen molar-refractivity contribution in [1.82, 2.24) is 9.88 Å². The van der Waals surface area contributed by atoms with E-state index in [1.807, 2.05) is 0 Å². The Bertz CT molecular complexity index is 469. The fourth-order valence-corrected chi connectivity index (χ4v) is 2.09. The lowest BCUT2D eigenvalue weighted by Gasteiger charge is -2.04. The first-order valence-corrected chi connectivity index (χ1v) is 5.69. The number of amides is 1. The molecule has 0 radical (unpaired) electrons. The van der Waals surface area contributed by atoms with Crippen LogP contribution < -0.4 is 5.32 Å². The molecular formula is C11H13ClN2O3. The predicted molar refractivity (Wildman–Crippen MR) is 62.0 cm³/mol. The van der Waals surface area contributed by atoms with Crippen LogP contribution in [0.2, 0.25) is 5.02 Å². The highest BCUT2D eigenvalue weighted by Gasteiger charge is 2.43. The average molecular weight is 257 g/mol. The number of hydrogen-bond donors (Lipinski definition) is 2. The molecule has 1 heterocycles. The molecule has 92 valence electrons. The molecule has 0 saturated heterocycles. The van der Waals surface area contributed by atoms with Gasteiger partial charge in [-0.15, -0.1) is 0 Å². The predicted octanol–water partition coefficient (Wildman–Crippen LogP) is 1.13. The van der Waals surface area contributed by atoms with Crippen LogP contribution in [0.5, 0.6) is 0 Å². The number of carboxylic acids is 1. The Hall–Kier alpha value is -1.49. The first kappa shape index (κ1) is 12.0. The van der Waals surface area contributed by atoms with Gasteiger partial charge in [0.1, 0.15) is 5.69 Å². The molecular weight excluding hydrogens is 244 g/mol. The summed E-state index contributed by atoms with van der Waals surface area (Å²) in [5.41, 5.74) is 0.475. The summed E-state index contributed by atoms with van der Waals surface area (Å²) in [7, 11) is 1.73. The van der Waals surface area contributed by atoms with Crippen LogP contribution >= 0.6 is 11.6 Å². The number of carbonyl (C=O) groups excluding carboxylic acids is 1. The van der Waals surface area contributed by atoms with Gasteiger partial charge in [0.2, 0.25) is 0 Å². The van der Waals surface area contributed by atoms with Gasteiger partial charge in [-0.05, 0) is 18.4 Å². The summed E-state index contributed by atoms with van der Waals surface area (Å²) in [5, 5.41) is 11.9. The van der Waals surface area contributed by atoms with Crippen molar-refractivity contribution in [2.75, 3.05) is 6.54 Å². The minimum atomic E-state index is -0.786. The van der Waals surface area contributed by atoms with E-state index < -0.39 is 5.97 Å². The molecule has 2 rings (SSSR count). The first-order chi connectivity index (χ1) is 7.99. The van der Waals surface area contributed by atoms with E-state index in [0.29, 0.717) is 23.7 Å². The van der Waals surface area contributed by atoms with Crippen molar-refractivity contribution in [2.24, 2.45) is 18.9 Å². The number of rotatable bonds is 4. The van der Waals surface area contributed by atoms with E-state index in [-0.39, 0.29) is 17.7 Å². The third kappa shape index (κ3) is 2.61. The zero-order chi connectivity index (χ0) is 12.6. The summed E-state index contributed by atoms with van der Waals surface area (Å²) in [6.07, 6.45) is 2.29. The maximum Gasteiger partial charge on any atom is 0.306 e. The van der Waals surface area contributed by atoms with Crippen molar-refractivity contribution in [1.29, 1.82) is 0 Å². The fraction of sp³-hybridized carbons (Fsp3) is 0.455. The van der Waals surface area contributed by atoms with E-state index in [1.54, 1.807) is 23.9 Å². The molecule has 0 unspecified atom stereocenters. The summed E-state index contributed by atoms with van der Waals surface area (Å²) in [4.78, 5) is 22.4. The topological polar surface area (TPSA) is 71.3 Å². The lowest BCUT2D eigenvalue weighted by atomic mass is 10.3. The molecule has 6 heteroatoms. The first-order valence-electron chi connectivity index (χ1n) is 5.32. The Kier molecular flexibility index (Phi) is 3.11. The molecule has 1 aromatic rings. The van der Waals surface area contributed by atoms with Crippen molar-refractivity contribution in [3.63, 3.8) is 0 Å². The smallest absolute Gasteiger partial charge is 0.306 e.